The van der Waals surface area contributed by atoms with Gasteiger partial charge in [0.25, 0.3) is 0 Å². The van der Waals surface area contributed by atoms with Crippen molar-refractivity contribution >= 4 is 0 Å². The van der Waals surface area contributed by atoms with Crippen LogP contribution >= 0.6 is 0 Å². The van der Waals surface area contributed by atoms with Crippen molar-refractivity contribution in [1.82, 2.24) is 0 Å². The van der Waals surface area contributed by atoms with Crippen LogP contribution in [-0.2, 0) is 6.42 Å². The largest absolute Gasteiger partial charge is 0.497 e. The number of ether oxygens (including phenoxy) is 2. The number of methoxy groups -OCH3 is 2. The van der Waals surface area contributed by atoms with Crippen molar-refractivity contribution in [2.45, 2.75) is 19.4 Å². The molecule has 0 aromatic heterocycles. The van der Waals surface area contributed by atoms with Gasteiger partial charge in [0.15, 0.2) is 0 Å². The highest BCUT2D eigenvalue weighted by Gasteiger charge is 2.16. The van der Waals surface area contributed by atoms with Crippen molar-refractivity contribution < 1.29 is 19.0 Å². The molecule has 0 saturated carbocycles. The maximum atomic E-state index is 13.1. The molecule has 2 aromatic rings. The number of halogens is 1. The predicted octanol–water partition coefficient (Wildman–Crippen LogP) is 3.43. The van der Waals surface area contributed by atoms with Crippen molar-refractivity contribution in [3.8, 4) is 11.5 Å². The fourth-order valence-electron chi connectivity index (χ4n) is 2.30. The van der Waals surface area contributed by atoms with E-state index in [2.05, 4.69) is 0 Å². The average molecular weight is 290 g/mol. The summed E-state index contributed by atoms with van der Waals surface area (Å²) in [6, 6.07) is 9.85. The van der Waals surface area contributed by atoms with E-state index in [1.165, 1.54) is 12.1 Å². The molecular weight excluding hydrogens is 271 g/mol. The summed E-state index contributed by atoms with van der Waals surface area (Å²) < 4.78 is 23.5. The molecule has 2 rings (SSSR count). The topological polar surface area (TPSA) is 38.7 Å². The lowest BCUT2D eigenvalue weighted by Crippen LogP contribution is -2.05. The normalized spacial score (nSPS) is 12.0. The average Bonchev–Trinajstić information content (AvgIpc) is 2.49. The molecule has 0 fully saturated rings. The summed E-state index contributed by atoms with van der Waals surface area (Å²) >= 11 is 0. The molecule has 1 atom stereocenters. The van der Waals surface area contributed by atoms with E-state index in [-0.39, 0.29) is 5.82 Å². The number of aryl methyl sites for hydroxylation is 1. The molecule has 0 bridgehead atoms. The van der Waals surface area contributed by atoms with Gasteiger partial charge in [-0.05, 0) is 42.3 Å². The Hall–Kier alpha value is -2.07. The maximum Gasteiger partial charge on any atom is 0.128 e. The first kappa shape index (κ1) is 15.3. The van der Waals surface area contributed by atoms with E-state index < -0.39 is 6.10 Å². The van der Waals surface area contributed by atoms with E-state index in [4.69, 9.17) is 9.47 Å². The number of aliphatic hydroxyl groups is 1. The Morgan fingerprint density at radius 3 is 2.48 bits per heavy atom. The Balaban J connectivity index is 2.25. The summed E-state index contributed by atoms with van der Waals surface area (Å²) in [6.07, 6.45) is -0.329. The Labute approximate surface area is 124 Å². The van der Waals surface area contributed by atoms with E-state index in [0.717, 1.165) is 11.1 Å². The minimum Gasteiger partial charge on any atom is -0.497 e. The molecule has 1 unspecified atom stereocenters. The minimum atomic E-state index is -0.727. The Bertz CT molecular complexity index is 625. The van der Waals surface area contributed by atoms with E-state index >= 15 is 0 Å². The molecule has 1 N–H and O–H groups in total. The summed E-state index contributed by atoms with van der Waals surface area (Å²) in [6.45, 7) is 1.83. The van der Waals surface area contributed by atoms with Crippen LogP contribution in [0.2, 0.25) is 0 Å². The first-order valence-electron chi connectivity index (χ1n) is 6.70. The fraction of sp³-hybridized carbons (Fsp3) is 0.294. The Morgan fingerprint density at radius 2 is 1.86 bits per heavy atom. The number of benzene rings is 2. The van der Waals surface area contributed by atoms with Crippen LogP contribution < -0.4 is 9.47 Å². The van der Waals surface area contributed by atoms with Crippen LogP contribution in [0.1, 0.15) is 22.8 Å². The van der Waals surface area contributed by atoms with Gasteiger partial charge in [-0.15, -0.1) is 0 Å². The fourth-order valence-corrected chi connectivity index (χ4v) is 2.30. The second-order valence-corrected chi connectivity index (χ2v) is 4.90. The van der Waals surface area contributed by atoms with Gasteiger partial charge in [-0.3, -0.25) is 0 Å². The molecule has 2 aromatic carbocycles. The van der Waals surface area contributed by atoms with Gasteiger partial charge in [0.1, 0.15) is 17.3 Å². The van der Waals surface area contributed by atoms with Crippen LogP contribution in [0.4, 0.5) is 4.39 Å². The highest BCUT2D eigenvalue weighted by molar-refractivity contribution is 5.42. The third-order valence-electron chi connectivity index (χ3n) is 3.52. The van der Waals surface area contributed by atoms with E-state index in [9.17, 15) is 9.50 Å². The van der Waals surface area contributed by atoms with E-state index in [1.54, 1.807) is 38.5 Å². The molecule has 0 amide bonds. The molecule has 0 aliphatic rings. The summed E-state index contributed by atoms with van der Waals surface area (Å²) in [5.41, 5.74) is 2.41. The summed E-state index contributed by atoms with van der Waals surface area (Å²) in [4.78, 5) is 0. The zero-order valence-electron chi connectivity index (χ0n) is 12.4. The SMILES string of the molecule is COc1ccc(C(O)Cc2ccc(F)cc2C)c(OC)c1. The van der Waals surface area contributed by atoms with Crippen LogP contribution in [0, 0.1) is 12.7 Å². The molecule has 0 heterocycles. The number of aliphatic hydroxyl groups excluding tert-OH is 1. The number of hydrogen-bond donors (Lipinski definition) is 1. The monoisotopic (exact) mass is 290 g/mol. The molecule has 0 aliphatic carbocycles. The molecule has 112 valence electrons. The summed E-state index contributed by atoms with van der Waals surface area (Å²) in [5, 5.41) is 10.4. The van der Waals surface area contributed by atoms with Gasteiger partial charge in [0, 0.05) is 18.1 Å². The quantitative estimate of drug-likeness (QED) is 0.917. The molecule has 0 radical (unpaired) electrons. The Morgan fingerprint density at radius 1 is 1.10 bits per heavy atom. The lowest BCUT2D eigenvalue weighted by molar-refractivity contribution is 0.173. The molecule has 0 saturated heterocycles. The van der Waals surface area contributed by atoms with Gasteiger partial charge < -0.3 is 14.6 Å². The third-order valence-corrected chi connectivity index (χ3v) is 3.52. The van der Waals surface area contributed by atoms with Crippen molar-refractivity contribution in [1.29, 1.82) is 0 Å². The van der Waals surface area contributed by atoms with Crippen molar-refractivity contribution in [2.75, 3.05) is 14.2 Å². The molecular formula is C17H19FO3. The standard InChI is InChI=1S/C17H19FO3/c1-11-8-13(18)5-4-12(11)9-16(19)15-7-6-14(20-2)10-17(15)21-3/h4-8,10,16,19H,9H2,1-3H3. The number of hydrogen-bond acceptors (Lipinski definition) is 3. The van der Waals surface area contributed by atoms with Gasteiger partial charge in [-0.25, -0.2) is 4.39 Å². The highest BCUT2D eigenvalue weighted by Crippen LogP contribution is 2.31. The second-order valence-electron chi connectivity index (χ2n) is 4.90. The van der Waals surface area contributed by atoms with Crippen LogP contribution in [0.5, 0.6) is 11.5 Å². The predicted molar refractivity (Wildman–Crippen MR) is 79.3 cm³/mol. The van der Waals surface area contributed by atoms with Crippen molar-refractivity contribution in [3.63, 3.8) is 0 Å². The van der Waals surface area contributed by atoms with Crippen LogP contribution in [0.3, 0.4) is 0 Å². The zero-order chi connectivity index (χ0) is 15.4. The van der Waals surface area contributed by atoms with Gasteiger partial charge in [-0.1, -0.05) is 6.07 Å². The van der Waals surface area contributed by atoms with Gasteiger partial charge in [0.2, 0.25) is 0 Å². The van der Waals surface area contributed by atoms with Crippen LogP contribution in [0.15, 0.2) is 36.4 Å². The van der Waals surface area contributed by atoms with E-state index in [0.29, 0.717) is 23.5 Å². The number of rotatable bonds is 5. The maximum absolute atomic E-state index is 13.1. The van der Waals surface area contributed by atoms with Crippen LogP contribution in [-0.4, -0.2) is 19.3 Å². The third kappa shape index (κ3) is 3.52. The van der Waals surface area contributed by atoms with Crippen molar-refractivity contribution in [2.24, 2.45) is 0 Å². The van der Waals surface area contributed by atoms with Crippen molar-refractivity contribution in [3.05, 3.63) is 58.9 Å². The smallest absolute Gasteiger partial charge is 0.128 e. The Kier molecular flexibility index (Phi) is 4.81. The highest BCUT2D eigenvalue weighted by atomic mass is 19.1. The molecule has 0 spiro atoms. The lowest BCUT2D eigenvalue weighted by Gasteiger charge is -2.17. The van der Waals surface area contributed by atoms with E-state index in [1.807, 2.05) is 6.92 Å². The van der Waals surface area contributed by atoms with Gasteiger partial charge in [-0.2, -0.15) is 0 Å². The molecule has 21 heavy (non-hydrogen) atoms. The van der Waals surface area contributed by atoms with Gasteiger partial charge in [0.05, 0.1) is 20.3 Å². The summed E-state index contributed by atoms with van der Waals surface area (Å²) in [7, 11) is 3.13. The summed E-state index contributed by atoms with van der Waals surface area (Å²) in [5.74, 6) is 0.968. The molecule has 3 nitrogen and oxygen atoms in total. The second kappa shape index (κ2) is 6.59. The zero-order valence-corrected chi connectivity index (χ0v) is 12.4. The first-order valence-corrected chi connectivity index (χ1v) is 6.70. The lowest BCUT2D eigenvalue weighted by atomic mass is 9.97. The molecule has 4 heteroatoms. The molecule has 0 aliphatic heterocycles. The van der Waals surface area contributed by atoms with Gasteiger partial charge >= 0.3 is 0 Å². The van der Waals surface area contributed by atoms with Crippen LogP contribution in [0.25, 0.3) is 0 Å². The minimum absolute atomic E-state index is 0.271. The first-order chi connectivity index (χ1) is 10.0.